The molecule has 1 aromatic heterocycles. The maximum atomic E-state index is 11.8. The Morgan fingerprint density at radius 3 is 2.72 bits per heavy atom. The van der Waals surface area contributed by atoms with Crippen LogP contribution >= 0.6 is 24.8 Å². The van der Waals surface area contributed by atoms with Crippen molar-refractivity contribution in [3.63, 3.8) is 0 Å². The van der Waals surface area contributed by atoms with Crippen molar-refractivity contribution in [3.8, 4) is 0 Å². The largest absolute Gasteiger partial charge is 0.352 e. The highest BCUT2D eigenvalue weighted by Gasteiger charge is 2.20. The summed E-state index contributed by atoms with van der Waals surface area (Å²) in [4.78, 5) is 15.7. The van der Waals surface area contributed by atoms with E-state index in [-0.39, 0.29) is 36.6 Å². The van der Waals surface area contributed by atoms with Gasteiger partial charge >= 0.3 is 0 Å². The molecular formula is C12H19Cl2N3O. The van der Waals surface area contributed by atoms with Crippen LogP contribution in [0.5, 0.6) is 0 Å². The van der Waals surface area contributed by atoms with Crippen molar-refractivity contribution in [2.45, 2.75) is 19.4 Å². The molecule has 102 valence electrons. The average molecular weight is 292 g/mol. The van der Waals surface area contributed by atoms with Crippen LogP contribution < -0.4 is 10.6 Å². The lowest BCUT2D eigenvalue weighted by molar-refractivity contribution is -0.125. The number of hydrogen-bond donors (Lipinski definition) is 2. The lowest BCUT2D eigenvalue weighted by Crippen LogP contribution is -2.40. The third kappa shape index (κ3) is 5.21. The first-order valence-electron chi connectivity index (χ1n) is 5.73. The van der Waals surface area contributed by atoms with Gasteiger partial charge in [0.15, 0.2) is 0 Å². The lowest BCUT2D eigenvalue weighted by atomic mass is 9.99. The van der Waals surface area contributed by atoms with Crippen LogP contribution in [0.2, 0.25) is 0 Å². The fourth-order valence-electron chi connectivity index (χ4n) is 1.91. The van der Waals surface area contributed by atoms with Gasteiger partial charge in [-0.2, -0.15) is 0 Å². The van der Waals surface area contributed by atoms with Gasteiger partial charge in [0.25, 0.3) is 0 Å². The van der Waals surface area contributed by atoms with Crippen LogP contribution in [0, 0.1) is 5.92 Å². The predicted octanol–water partition coefficient (Wildman–Crippen LogP) is 1.54. The average Bonchev–Trinajstić information content (AvgIpc) is 2.38. The highest BCUT2D eigenvalue weighted by Crippen LogP contribution is 2.09. The van der Waals surface area contributed by atoms with Crippen molar-refractivity contribution < 1.29 is 4.79 Å². The number of carbonyl (C=O) groups is 1. The smallest absolute Gasteiger partial charge is 0.224 e. The fraction of sp³-hybridized carbons (Fsp3) is 0.500. The first-order chi connectivity index (χ1) is 7.86. The molecule has 1 saturated heterocycles. The van der Waals surface area contributed by atoms with Gasteiger partial charge in [-0.15, -0.1) is 24.8 Å². The van der Waals surface area contributed by atoms with E-state index in [9.17, 15) is 4.79 Å². The summed E-state index contributed by atoms with van der Waals surface area (Å²) in [6, 6.07) is 3.83. The number of rotatable bonds is 3. The van der Waals surface area contributed by atoms with Crippen molar-refractivity contribution in [2.24, 2.45) is 5.92 Å². The van der Waals surface area contributed by atoms with E-state index in [1.54, 1.807) is 12.4 Å². The molecule has 0 radical (unpaired) electrons. The second-order valence-corrected chi connectivity index (χ2v) is 4.12. The molecule has 6 heteroatoms. The number of hydrogen-bond acceptors (Lipinski definition) is 3. The number of amides is 1. The molecule has 1 unspecified atom stereocenters. The standard InChI is InChI=1S/C12H17N3O.2ClH/c16-12(11-2-1-5-14-9-11)15-8-10-3-6-13-7-4-10;;/h3-4,6-7,11,14H,1-2,5,8-9H2,(H,15,16);2*1H. The molecule has 1 amide bonds. The van der Waals surface area contributed by atoms with Crippen LogP contribution in [-0.4, -0.2) is 24.0 Å². The second kappa shape index (κ2) is 9.14. The van der Waals surface area contributed by atoms with Crippen molar-refractivity contribution in [1.29, 1.82) is 0 Å². The van der Waals surface area contributed by atoms with Crippen molar-refractivity contribution in [2.75, 3.05) is 13.1 Å². The zero-order chi connectivity index (χ0) is 11.2. The molecular weight excluding hydrogens is 273 g/mol. The van der Waals surface area contributed by atoms with Crippen molar-refractivity contribution in [1.82, 2.24) is 15.6 Å². The van der Waals surface area contributed by atoms with E-state index >= 15 is 0 Å². The second-order valence-electron chi connectivity index (χ2n) is 4.12. The molecule has 1 aromatic rings. The number of aromatic nitrogens is 1. The molecule has 18 heavy (non-hydrogen) atoms. The maximum Gasteiger partial charge on any atom is 0.224 e. The number of nitrogens with zero attached hydrogens (tertiary/aromatic N) is 1. The Morgan fingerprint density at radius 2 is 2.11 bits per heavy atom. The summed E-state index contributed by atoms with van der Waals surface area (Å²) >= 11 is 0. The fourth-order valence-corrected chi connectivity index (χ4v) is 1.91. The topological polar surface area (TPSA) is 54.0 Å². The monoisotopic (exact) mass is 291 g/mol. The zero-order valence-corrected chi connectivity index (χ0v) is 11.7. The van der Waals surface area contributed by atoms with Crippen LogP contribution in [0.1, 0.15) is 18.4 Å². The molecule has 0 bridgehead atoms. The number of pyridine rings is 1. The van der Waals surface area contributed by atoms with Gasteiger partial charge in [-0.1, -0.05) is 0 Å². The molecule has 2 rings (SSSR count). The number of piperidine rings is 1. The molecule has 1 aliphatic heterocycles. The first kappa shape index (κ1) is 17.2. The van der Waals surface area contributed by atoms with Crippen LogP contribution in [0.4, 0.5) is 0 Å². The summed E-state index contributed by atoms with van der Waals surface area (Å²) < 4.78 is 0. The Hall–Kier alpha value is -0.840. The third-order valence-electron chi connectivity index (χ3n) is 2.88. The normalized spacial score (nSPS) is 18.1. The highest BCUT2D eigenvalue weighted by atomic mass is 35.5. The van der Waals surface area contributed by atoms with Gasteiger partial charge in [-0.05, 0) is 37.1 Å². The van der Waals surface area contributed by atoms with Crippen LogP contribution in [0.3, 0.4) is 0 Å². The van der Waals surface area contributed by atoms with E-state index in [1.807, 2.05) is 12.1 Å². The zero-order valence-electron chi connectivity index (χ0n) is 10.1. The summed E-state index contributed by atoms with van der Waals surface area (Å²) in [6.07, 6.45) is 5.57. The van der Waals surface area contributed by atoms with Gasteiger partial charge in [-0.3, -0.25) is 9.78 Å². The molecule has 2 heterocycles. The van der Waals surface area contributed by atoms with Gasteiger partial charge in [0.2, 0.25) is 5.91 Å². The Morgan fingerprint density at radius 1 is 1.39 bits per heavy atom. The SMILES string of the molecule is Cl.Cl.O=C(NCc1ccncc1)C1CCCNC1. The molecule has 1 fully saturated rings. The highest BCUT2D eigenvalue weighted by molar-refractivity contribution is 5.85. The Balaban J connectivity index is 0.00000144. The van der Waals surface area contributed by atoms with Gasteiger partial charge < -0.3 is 10.6 Å². The van der Waals surface area contributed by atoms with Crippen LogP contribution in [0.25, 0.3) is 0 Å². The third-order valence-corrected chi connectivity index (χ3v) is 2.88. The van der Waals surface area contributed by atoms with Gasteiger partial charge in [0, 0.05) is 25.5 Å². The van der Waals surface area contributed by atoms with E-state index in [2.05, 4.69) is 15.6 Å². The summed E-state index contributed by atoms with van der Waals surface area (Å²) in [6.45, 7) is 2.44. The molecule has 4 nitrogen and oxygen atoms in total. The van der Waals surface area contributed by atoms with E-state index in [1.165, 1.54) is 0 Å². The van der Waals surface area contributed by atoms with Gasteiger partial charge in [-0.25, -0.2) is 0 Å². The summed E-state index contributed by atoms with van der Waals surface area (Å²) in [7, 11) is 0. The quantitative estimate of drug-likeness (QED) is 0.888. The molecule has 1 aliphatic rings. The Kier molecular flexibility index (Phi) is 8.71. The van der Waals surface area contributed by atoms with E-state index in [0.717, 1.165) is 31.5 Å². The van der Waals surface area contributed by atoms with Crippen LogP contribution in [-0.2, 0) is 11.3 Å². The minimum Gasteiger partial charge on any atom is -0.352 e. The van der Waals surface area contributed by atoms with Crippen molar-refractivity contribution >= 4 is 30.7 Å². The minimum absolute atomic E-state index is 0. The summed E-state index contributed by atoms with van der Waals surface area (Å²) in [5, 5.41) is 6.21. The first-order valence-corrected chi connectivity index (χ1v) is 5.73. The van der Waals surface area contributed by atoms with E-state index < -0.39 is 0 Å². The molecule has 0 saturated carbocycles. The molecule has 0 aliphatic carbocycles. The number of carbonyl (C=O) groups excluding carboxylic acids is 1. The van der Waals surface area contributed by atoms with Crippen LogP contribution in [0.15, 0.2) is 24.5 Å². The lowest BCUT2D eigenvalue weighted by Gasteiger charge is -2.21. The summed E-state index contributed by atoms with van der Waals surface area (Å²) in [5.41, 5.74) is 1.09. The minimum atomic E-state index is 0. The molecule has 0 spiro atoms. The summed E-state index contributed by atoms with van der Waals surface area (Å²) in [5.74, 6) is 0.291. The van der Waals surface area contributed by atoms with E-state index in [4.69, 9.17) is 0 Å². The Labute approximate surface area is 120 Å². The van der Waals surface area contributed by atoms with Gasteiger partial charge in [0.05, 0.1) is 5.92 Å². The Bertz CT molecular complexity index is 342. The van der Waals surface area contributed by atoms with E-state index in [0.29, 0.717) is 6.54 Å². The predicted molar refractivity (Wildman–Crippen MR) is 76.2 cm³/mol. The number of nitrogens with one attached hydrogen (secondary N) is 2. The van der Waals surface area contributed by atoms with Gasteiger partial charge in [0.1, 0.15) is 0 Å². The molecule has 2 N–H and O–H groups in total. The van der Waals surface area contributed by atoms with Crippen molar-refractivity contribution in [3.05, 3.63) is 30.1 Å². The maximum absolute atomic E-state index is 11.8. The molecule has 0 aromatic carbocycles. The molecule has 1 atom stereocenters. The number of halogens is 2.